The Morgan fingerprint density at radius 3 is 2.25 bits per heavy atom. The van der Waals surface area contributed by atoms with Crippen LogP contribution >= 0.6 is 15.9 Å². The number of sulfone groups is 1. The first-order chi connectivity index (χ1) is 9.47. The maximum atomic E-state index is 12.1. The summed E-state index contributed by atoms with van der Waals surface area (Å²) in [4.78, 5) is 4.32. The summed E-state index contributed by atoms with van der Waals surface area (Å²) in [5.74, 6) is -0.244. The first-order valence-corrected chi connectivity index (χ1v) is 8.47. The lowest BCUT2D eigenvalue weighted by molar-refractivity contribution is 0.596. The van der Waals surface area contributed by atoms with Gasteiger partial charge in [-0.25, -0.2) is 8.42 Å². The fourth-order valence-corrected chi connectivity index (χ4v) is 2.84. The van der Waals surface area contributed by atoms with Crippen molar-refractivity contribution in [2.24, 2.45) is 4.99 Å². The molecule has 0 aliphatic carbocycles. The molecule has 0 amide bonds. The normalized spacial score (nSPS) is 11.9. The Balaban J connectivity index is 2.09. The molecule has 5 heteroatoms. The zero-order chi connectivity index (χ0) is 14.6. The van der Waals surface area contributed by atoms with Gasteiger partial charge in [0.05, 0.1) is 4.90 Å². The minimum Gasteiger partial charge on any atom is -0.276 e. The predicted octanol–water partition coefficient (Wildman–Crippen LogP) is 3.61. The fourth-order valence-electron chi connectivity index (χ4n) is 1.61. The van der Waals surface area contributed by atoms with Gasteiger partial charge < -0.3 is 0 Å². The van der Waals surface area contributed by atoms with Crippen LogP contribution in [0.1, 0.15) is 11.1 Å². The van der Waals surface area contributed by atoms with Crippen LogP contribution < -0.4 is 0 Å². The van der Waals surface area contributed by atoms with Crippen LogP contribution in [0.25, 0.3) is 0 Å². The molecule has 0 aromatic heterocycles. The molecule has 3 nitrogen and oxygen atoms in total. The lowest BCUT2D eigenvalue weighted by Gasteiger charge is -2.01. The molecule has 2 aromatic rings. The predicted molar refractivity (Wildman–Crippen MR) is 85.0 cm³/mol. The Kier molecular flexibility index (Phi) is 4.73. The highest BCUT2D eigenvalue weighted by molar-refractivity contribution is 9.10. The molecule has 0 spiro atoms. The van der Waals surface area contributed by atoms with Gasteiger partial charge in [0.25, 0.3) is 0 Å². The van der Waals surface area contributed by atoms with E-state index in [1.54, 1.807) is 30.5 Å². The molecule has 20 heavy (non-hydrogen) atoms. The Labute approximate surface area is 127 Å². The van der Waals surface area contributed by atoms with E-state index in [0.717, 1.165) is 15.6 Å². The summed E-state index contributed by atoms with van der Waals surface area (Å²) in [6.45, 7) is 1.92. The average Bonchev–Trinajstić information content (AvgIpc) is 2.41. The number of halogens is 1. The van der Waals surface area contributed by atoms with Crippen molar-refractivity contribution in [3.63, 3.8) is 0 Å². The van der Waals surface area contributed by atoms with E-state index in [-0.39, 0.29) is 5.88 Å². The monoisotopic (exact) mass is 351 g/mol. The van der Waals surface area contributed by atoms with E-state index < -0.39 is 9.84 Å². The molecule has 2 rings (SSSR count). The first kappa shape index (κ1) is 14.9. The average molecular weight is 352 g/mol. The number of rotatable bonds is 4. The number of benzene rings is 2. The summed E-state index contributed by atoms with van der Waals surface area (Å²) in [7, 11) is -3.36. The molecule has 0 bridgehead atoms. The van der Waals surface area contributed by atoms with Gasteiger partial charge in [0.1, 0.15) is 5.88 Å². The summed E-state index contributed by atoms with van der Waals surface area (Å²) in [5, 5.41) is 0. The molecular weight excluding hydrogens is 338 g/mol. The number of aryl methyl sites for hydroxylation is 1. The highest BCUT2D eigenvalue weighted by Gasteiger charge is 2.12. The van der Waals surface area contributed by atoms with E-state index in [4.69, 9.17) is 0 Å². The molecule has 0 atom stereocenters. The summed E-state index contributed by atoms with van der Waals surface area (Å²) >= 11 is 3.34. The van der Waals surface area contributed by atoms with Gasteiger partial charge >= 0.3 is 0 Å². The minimum absolute atomic E-state index is 0.244. The maximum absolute atomic E-state index is 12.1. The van der Waals surface area contributed by atoms with E-state index in [2.05, 4.69) is 20.9 Å². The number of nitrogens with zero attached hydrogens (tertiary/aromatic N) is 1. The van der Waals surface area contributed by atoms with Crippen molar-refractivity contribution in [3.8, 4) is 0 Å². The van der Waals surface area contributed by atoms with E-state index in [9.17, 15) is 8.42 Å². The van der Waals surface area contributed by atoms with Crippen LogP contribution in [0.15, 0.2) is 62.9 Å². The largest absolute Gasteiger partial charge is 0.276 e. The third-order valence-corrected chi connectivity index (χ3v) is 4.74. The second-order valence-corrected chi connectivity index (χ2v) is 7.29. The summed E-state index contributed by atoms with van der Waals surface area (Å²) < 4.78 is 25.1. The van der Waals surface area contributed by atoms with Crippen LogP contribution in [0, 0.1) is 6.92 Å². The van der Waals surface area contributed by atoms with Gasteiger partial charge in [0, 0.05) is 10.7 Å². The zero-order valence-electron chi connectivity index (χ0n) is 11.0. The second-order valence-electron chi connectivity index (χ2n) is 4.42. The van der Waals surface area contributed by atoms with Crippen molar-refractivity contribution in [3.05, 3.63) is 64.1 Å². The molecule has 0 heterocycles. The lowest BCUT2D eigenvalue weighted by atomic mass is 10.2. The van der Waals surface area contributed by atoms with E-state index in [0.29, 0.717) is 4.90 Å². The lowest BCUT2D eigenvalue weighted by Crippen LogP contribution is -2.05. The van der Waals surface area contributed by atoms with Crippen molar-refractivity contribution in [2.75, 3.05) is 5.88 Å². The van der Waals surface area contributed by atoms with E-state index >= 15 is 0 Å². The van der Waals surface area contributed by atoms with Gasteiger partial charge in [-0.3, -0.25) is 4.99 Å². The fraction of sp³-hybridized carbons (Fsp3) is 0.133. The van der Waals surface area contributed by atoms with Crippen LogP contribution in [-0.2, 0) is 9.84 Å². The van der Waals surface area contributed by atoms with Gasteiger partial charge in [-0.2, -0.15) is 0 Å². The van der Waals surface area contributed by atoms with Gasteiger partial charge in [0.15, 0.2) is 9.84 Å². The minimum atomic E-state index is -3.36. The third-order valence-electron chi connectivity index (χ3n) is 2.73. The highest BCUT2D eigenvalue weighted by atomic mass is 79.9. The Morgan fingerprint density at radius 1 is 1.05 bits per heavy atom. The third kappa shape index (κ3) is 4.02. The molecule has 0 radical (unpaired) electrons. The van der Waals surface area contributed by atoms with Crippen LogP contribution in [-0.4, -0.2) is 20.5 Å². The summed E-state index contributed by atoms with van der Waals surface area (Å²) in [5.41, 5.74) is 1.90. The molecular formula is C15H14BrNO2S. The highest BCUT2D eigenvalue weighted by Crippen LogP contribution is 2.13. The molecule has 0 unspecified atom stereocenters. The van der Waals surface area contributed by atoms with Gasteiger partial charge in [-0.05, 0) is 36.8 Å². The Hall–Kier alpha value is -1.46. The van der Waals surface area contributed by atoms with Crippen molar-refractivity contribution in [1.82, 2.24) is 0 Å². The second kappa shape index (κ2) is 6.33. The smallest absolute Gasteiger partial charge is 0.198 e. The molecule has 0 saturated heterocycles. The number of aliphatic imine (C=N–C) groups is 1. The van der Waals surface area contributed by atoms with E-state index in [1.807, 2.05) is 31.2 Å². The van der Waals surface area contributed by atoms with E-state index in [1.165, 1.54) is 0 Å². The number of hydrogen-bond acceptors (Lipinski definition) is 3. The van der Waals surface area contributed by atoms with Gasteiger partial charge in [0.2, 0.25) is 0 Å². The quantitative estimate of drug-likeness (QED) is 0.790. The molecule has 104 valence electrons. The first-order valence-electron chi connectivity index (χ1n) is 6.02. The van der Waals surface area contributed by atoms with Crippen molar-refractivity contribution < 1.29 is 8.42 Å². The Morgan fingerprint density at radius 2 is 1.65 bits per heavy atom. The molecule has 2 aromatic carbocycles. The molecule has 0 saturated carbocycles. The topological polar surface area (TPSA) is 46.5 Å². The molecule has 0 fully saturated rings. The zero-order valence-corrected chi connectivity index (χ0v) is 13.4. The molecule has 0 N–H and O–H groups in total. The Bertz CT molecular complexity index is 705. The summed E-state index contributed by atoms with van der Waals surface area (Å²) in [6.07, 6.45) is 1.57. The van der Waals surface area contributed by atoms with Gasteiger partial charge in [-0.1, -0.05) is 45.8 Å². The van der Waals surface area contributed by atoms with Crippen LogP contribution in [0.5, 0.6) is 0 Å². The molecule has 0 aliphatic rings. The SMILES string of the molecule is Cc1ccc(S(=O)(=O)CN=Cc2ccc(Br)cc2)cc1. The standard InChI is InChI=1S/C15H14BrNO2S/c1-12-2-8-15(9-3-12)20(18,19)11-17-10-13-4-6-14(16)7-5-13/h2-10H,11H2,1H3. The number of hydrogen-bond donors (Lipinski definition) is 0. The van der Waals surface area contributed by atoms with Crippen molar-refractivity contribution in [1.29, 1.82) is 0 Å². The molecule has 0 aliphatic heterocycles. The van der Waals surface area contributed by atoms with Crippen molar-refractivity contribution >= 4 is 32.0 Å². The van der Waals surface area contributed by atoms with Crippen LogP contribution in [0.3, 0.4) is 0 Å². The maximum Gasteiger partial charge on any atom is 0.198 e. The van der Waals surface area contributed by atoms with Crippen molar-refractivity contribution in [2.45, 2.75) is 11.8 Å². The van der Waals surface area contributed by atoms with Crippen LogP contribution in [0.2, 0.25) is 0 Å². The van der Waals surface area contributed by atoms with Gasteiger partial charge in [-0.15, -0.1) is 0 Å². The van der Waals surface area contributed by atoms with Crippen LogP contribution in [0.4, 0.5) is 0 Å². The summed E-state index contributed by atoms with van der Waals surface area (Å²) in [6, 6.07) is 14.3.